The van der Waals surface area contributed by atoms with E-state index in [2.05, 4.69) is 0 Å². The molecular weight excluding hydrogens is 278 g/mol. The average Bonchev–Trinajstić information content (AvgIpc) is 2.48. The third-order valence-corrected chi connectivity index (χ3v) is 3.94. The summed E-state index contributed by atoms with van der Waals surface area (Å²) in [6, 6.07) is 9.15. The van der Waals surface area contributed by atoms with Gasteiger partial charge in [0, 0.05) is 6.54 Å². The first-order valence-corrected chi connectivity index (χ1v) is 7.50. The van der Waals surface area contributed by atoms with Crippen molar-refractivity contribution in [3.8, 4) is 11.3 Å². The topological polar surface area (TPSA) is 59.3 Å². The predicted octanol–water partition coefficient (Wildman–Crippen LogP) is 3.63. The Bertz CT molecular complexity index is 759. The summed E-state index contributed by atoms with van der Waals surface area (Å²) in [6.45, 7) is 6.64. The van der Waals surface area contributed by atoms with Crippen molar-refractivity contribution in [3.63, 3.8) is 0 Å². The first-order chi connectivity index (χ1) is 10.5. The molecule has 1 aromatic heterocycles. The summed E-state index contributed by atoms with van der Waals surface area (Å²) in [5.41, 5.74) is 3.43. The maximum Gasteiger partial charge on any atom is 0.341 e. The predicted molar refractivity (Wildman–Crippen MR) is 87.5 cm³/mol. The van der Waals surface area contributed by atoms with Crippen molar-refractivity contribution >= 4 is 5.97 Å². The van der Waals surface area contributed by atoms with Gasteiger partial charge in [-0.25, -0.2) is 4.79 Å². The van der Waals surface area contributed by atoms with Crippen LogP contribution in [-0.4, -0.2) is 15.6 Å². The Labute approximate surface area is 130 Å². The van der Waals surface area contributed by atoms with E-state index in [0.29, 0.717) is 6.54 Å². The second-order valence-electron chi connectivity index (χ2n) is 5.55. The van der Waals surface area contributed by atoms with Gasteiger partial charge in [-0.05, 0) is 55.2 Å². The van der Waals surface area contributed by atoms with Gasteiger partial charge in [0.15, 0.2) is 0 Å². The van der Waals surface area contributed by atoms with Crippen LogP contribution in [0, 0.1) is 13.8 Å². The van der Waals surface area contributed by atoms with Gasteiger partial charge >= 0.3 is 5.97 Å². The second-order valence-corrected chi connectivity index (χ2v) is 5.55. The molecule has 0 aliphatic rings. The Morgan fingerprint density at radius 2 is 1.86 bits per heavy atom. The summed E-state index contributed by atoms with van der Waals surface area (Å²) in [5.74, 6) is -1.18. The number of unbranched alkanes of at least 4 members (excludes halogenated alkanes) is 1. The van der Waals surface area contributed by atoms with Gasteiger partial charge in [0.05, 0.1) is 5.69 Å². The Kier molecular flexibility index (Phi) is 4.81. The van der Waals surface area contributed by atoms with Gasteiger partial charge in [0.25, 0.3) is 5.56 Å². The molecule has 116 valence electrons. The van der Waals surface area contributed by atoms with Crippen molar-refractivity contribution in [3.05, 3.63) is 57.4 Å². The van der Waals surface area contributed by atoms with Gasteiger partial charge < -0.3 is 9.67 Å². The lowest BCUT2D eigenvalue weighted by atomic mass is 10.0. The minimum atomic E-state index is -1.18. The highest BCUT2D eigenvalue weighted by Crippen LogP contribution is 2.22. The van der Waals surface area contributed by atoms with E-state index in [1.54, 1.807) is 10.6 Å². The fourth-order valence-electron chi connectivity index (χ4n) is 2.43. The molecule has 0 fully saturated rings. The van der Waals surface area contributed by atoms with E-state index in [-0.39, 0.29) is 5.56 Å². The molecule has 0 radical (unpaired) electrons. The van der Waals surface area contributed by atoms with Gasteiger partial charge in [0.1, 0.15) is 5.56 Å². The summed E-state index contributed by atoms with van der Waals surface area (Å²) in [6.07, 6.45) is 1.77. The van der Waals surface area contributed by atoms with Crippen LogP contribution in [0.15, 0.2) is 35.1 Å². The molecule has 1 N–H and O–H groups in total. The van der Waals surface area contributed by atoms with Crippen molar-refractivity contribution < 1.29 is 9.90 Å². The van der Waals surface area contributed by atoms with Crippen LogP contribution < -0.4 is 5.56 Å². The van der Waals surface area contributed by atoms with Gasteiger partial charge in [-0.2, -0.15) is 0 Å². The van der Waals surface area contributed by atoms with E-state index in [1.165, 1.54) is 11.6 Å². The third-order valence-electron chi connectivity index (χ3n) is 3.94. The number of carboxylic acids is 1. The maximum absolute atomic E-state index is 12.4. The van der Waals surface area contributed by atoms with E-state index in [1.807, 2.05) is 39.0 Å². The number of hydrogen-bond acceptors (Lipinski definition) is 2. The highest BCUT2D eigenvalue weighted by atomic mass is 16.4. The van der Waals surface area contributed by atoms with Crippen molar-refractivity contribution in [2.45, 2.75) is 40.2 Å². The molecule has 2 aromatic rings. The highest BCUT2D eigenvalue weighted by Gasteiger charge is 2.15. The monoisotopic (exact) mass is 299 g/mol. The number of aromatic carboxylic acids is 1. The molecule has 0 spiro atoms. The first kappa shape index (κ1) is 16.0. The van der Waals surface area contributed by atoms with Crippen molar-refractivity contribution in [2.75, 3.05) is 0 Å². The maximum atomic E-state index is 12.4. The molecule has 0 saturated heterocycles. The molecule has 0 aliphatic heterocycles. The molecule has 0 atom stereocenters. The van der Waals surface area contributed by atoms with Crippen LogP contribution in [0.3, 0.4) is 0 Å². The number of carboxylic acid groups (broad SMARTS) is 1. The number of nitrogens with zero attached hydrogens (tertiary/aromatic N) is 1. The Hall–Kier alpha value is -2.36. The lowest BCUT2D eigenvalue weighted by Gasteiger charge is -2.14. The number of pyridine rings is 1. The van der Waals surface area contributed by atoms with Crippen molar-refractivity contribution in [1.29, 1.82) is 0 Å². The van der Waals surface area contributed by atoms with Gasteiger partial charge in [-0.1, -0.05) is 25.5 Å². The number of aromatic nitrogens is 1. The summed E-state index contributed by atoms with van der Waals surface area (Å²) >= 11 is 0. The number of hydrogen-bond donors (Lipinski definition) is 1. The van der Waals surface area contributed by atoms with Crippen LogP contribution in [0.25, 0.3) is 11.3 Å². The zero-order valence-electron chi connectivity index (χ0n) is 13.2. The summed E-state index contributed by atoms with van der Waals surface area (Å²) in [5, 5.41) is 9.14. The van der Waals surface area contributed by atoms with Crippen LogP contribution in [0.5, 0.6) is 0 Å². The second kappa shape index (κ2) is 6.60. The Morgan fingerprint density at radius 1 is 1.14 bits per heavy atom. The number of aryl methyl sites for hydroxylation is 2. The summed E-state index contributed by atoms with van der Waals surface area (Å²) in [7, 11) is 0. The molecule has 0 unspecified atom stereocenters. The first-order valence-electron chi connectivity index (χ1n) is 7.50. The minimum absolute atomic E-state index is 0.177. The number of benzene rings is 1. The molecule has 0 saturated carbocycles. The normalized spacial score (nSPS) is 10.7. The average molecular weight is 299 g/mol. The molecule has 0 amide bonds. The number of carbonyl (C=O) groups is 1. The summed E-state index contributed by atoms with van der Waals surface area (Å²) < 4.78 is 1.58. The molecule has 0 aliphatic carbocycles. The molecule has 22 heavy (non-hydrogen) atoms. The van der Waals surface area contributed by atoms with Crippen molar-refractivity contribution in [2.24, 2.45) is 0 Å². The van der Waals surface area contributed by atoms with Gasteiger partial charge in [0.2, 0.25) is 0 Å². The molecular formula is C18H21NO3. The van der Waals surface area contributed by atoms with Crippen LogP contribution in [-0.2, 0) is 6.54 Å². The van der Waals surface area contributed by atoms with E-state index in [4.69, 9.17) is 5.11 Å². The zero-order chi connectivity index (χ0) is 16.3. The standard InChI is InChI=1S/C18H21NO3/c1-4-5-10-19-16(9-8-15(17(19)20)18(21)22)14-7-6-12(2)13(3)11-14/h6-9,11H,4-5,10H2,1-3H3,(H,21,22). The number of rotatable bonds is 5. The lowest BCUT2D eigenvalue weighted by molar-refractivity contribution is 0.0694. The zero-order valence-corrected chi connectivity index (χ0v) is 13.2. The van der Waals surface area contributed by atoms with Crippen LogP contribution in [0.4, 0.5) is 0 Å². The van der Waals surface area contributed by atoms with E-state index < -0.39 is 11.5 Å². The third kappa shape index (κ3) is 3.11. The molecule has 2 rings (SSSR count). The Morgan fingerprint density at radius 3 is 2.45 bits per heavy atom. The largest absolute Gasteiger partial charge is 0.477 e. The lowest BCUT2D eigenvalue weighted by Crippen LogP contribution is -2.27. The molecule has 0 bridgehead atoms. The van der Waals surface area contributed by atoms with Crippen molar-refractivity contribution in [1.82, 2.24) is 4.57 Å². The van der Waals surface area contributed by atoms with E-state index in [0.717, 1.165) is 29.7 Å². The SMILES string of the molecule is CCCCn1c(-c2ccc(C)c(C)c2)ccc(C(=O)O)c1=O. The quantitative estimate of drug-likeness (QED) is 0.917. The van der Waals surface area contributed by atoms with Gasteiger partial charge in [-0.3, -0.25) is 4.79 Å². The van der Waals surface area contributed by atoms with Crippen LogP contribution in [0.1, 0.15) is 41.3 Å². The van der Waals surface area contributed by atoms with E-state index >= 15 is 0 Å². The van der Waals surface area contributed by atoms with E-state index in [9.17, 15) is 9.59 Å². The van der Waals surface area contributed by atoms with Crippen LogP contribution >= 0.6 is 0 Å². The fourth-order valence-corrected chi connectivity index (χ4v) is 2.43. The smallest absolute Gasteiger partial charge is 0.341 e. The molecule has 4 nitrogen and oxygen atoms in total. The minimum Gasteiger partial charge on any atom is -0.477 e. The highest BCUT2D eigenvalue weighted by molar-refractivity contribution is 5.87. The summed E-state index contributed by atoms with van der Waals surface area (Å²) in [4.78, 5) is 23.6. The molecule has 1 aromatic carbocycles. The fraction of sp³-hybridized carbons (Fsp3) is 0.333. The van der Waals surface area contributed by atoms with Gasteiger partial charge in [-0.15, -0.1) is 0 Å². The van der Waals surface area contributed by atoms with Crippen LogP contribution in [0.2, 0.25) is 0 Å². The molecule has 1 heterocycles. The Balaban J connectivity index is 2.63. The molecule has 4 heteroatoms.